The van der Waals surface area contributed by atoms with Crippen LogP contribution >= 0.6 is 12.6 Å². The van der Waals surface area contributed by atoms with E-state index in [2.05, 4.69) is 33.1 Å². The van der Waals surface area contributed by atoms with E-state index in [1.54, 1.807) is 6.07 Å². The van der Waals surface area contributed by atoms with Gasteiger partial charge in [-0.05, 0) is 38.5 Å². The molecule has 0 spiro atoms. The van der Waals surface area contributed by atoms with Gasteiger partial charge in [0, 0.05) is 16.3 Å². The molecule has 0 bridgehead atoms. The molecule has 0 aliphatic heterocycles. The zero-order valence-electron chi connectivity index (χ0n) is 13.5. The summed E-state index contributed by atoms with van der Waals surface area (Å²) in [6.45, 7) is 13.9. The van der Waals surface area contributed by atoms with Gasteiger partial charge in [0.05, 0.1) is 0 Å². The molecular formula is C17H30N2S. The van der Waals surface area contributed by atoms with Gasteiger partial charge in [0.15, 0.2) is 0 Å². The Hall–Kier alpha value is -1.35. The van der Waals surface area contributed by atoms with Crippen molar-refractivity contribution in [3.05, 3.63) is 42.0 Å². The van der Waals surface area contributed by atoms with Crippen LogP contribution in [0.5, 0.6) is 0 Å². The molecule has 0 aliphatic rings. The number of benzene rings is 1. The minimum absolute atomic E-state index is 0.676. The van der Waals surface area contributed by atoms with Crippen LogP contribution in [0.15, 0.2) is 41.3 Å². The summed E-state index contributed by atoms with van der Waals surface area (Å²) < 4.78 is 0. The first-order valence-electron chi connectivity index (χ1n) is 6.92. The van der Waals surface area contributed by atoms with E-state index in [1.165, 1.54) is 12.8 Å². The van der Waals surface area contributed by atoms with Crippen molar-refractivity contribution < 1.29 is 0 Å². The molecule has 20 heavy (non-hydrogen) atoms. The summed E-state index contributed by atoms with van der Waals surface area (Å²) >= 11 is 4.11. The van der Waals surface area contributed by atoms with E-state index >= 15 is 0 Å². The lowest BCUT2D eigenvalue weighted by Crippen LogP contribution is -1.93. The Morgan fingerprint density at radius 1 is 1.20 bits per heavy atom. The van der Waals surface area contributed by atoms with Gasteiger partial charge in [-0.2, -0.15) is 0 Å². The second-order valence-electron chi connectivity index (χ2n) is 4.61. The lowest BCUT2D eigenvalue weighted by Gasteiger charge is -2.03. The molecule has 0 radical (unpaired) electrons. The van der Waals surface area contributed by atoms with Gasteiger partial charge < -0.3 is 11.5 Å². The molecule has 2 nitrogen and oxygen atoms in total. The highest BCUT2D eigenvalue weighted by Crippen LogP contribution is 2.22. The molecule has 1 aromatic carbocycles. The van der Waals surface area contributed by atoms with E-state index in [1.807, 2.05) is 39.0 Å². The molecule has 0 amide bonds. The highest BCUT2D eigenvalue weighted by molar-refractivity contribution is 7.80. The highest BCUT2D eigenvalue weighted by Gasteiger charge is 1.97. The van der Waals surface area contributed by atoms with Crippen LogP contribution in [0.2, 0.25) is 0 Å². The minimum atomic E-state index is 0.676. The second kappa shape index (κ2) is 12.7. The van der Waals surface area contributed by atoms with Crippen LogP contribution in [0.3, 0.4) is 0 Å². The molecule has 4 N–H and O–H groups in total. The average Bonchev–Trinajstić information content (AvgIpc) is 2.37. The fourth-order valence-electron chi connectivity index (χ4n) is 1.02. The smallest absolute Gasteiger partial charge is 0.0453 e. The molecule has 0 heterocycles. The summed E-state index contributed by atoms with van der Waals surface area (Å²) in [5.41, 5.74) is 14.7. The molecule has 1 rings (SSSR count). The number of hydrogen-bond acceptors (Lipinski definition) is 3. The quantitative estimate of drug-likeness (QED) is 0.389. The third-order valence-corrected chi connectivity index (χ3v) is 2.75. The summed E-state index contributed by atoms with van der Waals surface area (Å²) in [5, 5.41) is 0. The van der Waals surface area contributed by atoms with E-state index in [4.69, 9.17) is 11.5 Å². The summed E-state index contributed by atoms with van der Waals surface area (Å²) in [4.78, 5) is 0.739. The largest absolute Gasteiger partial charge is 0.398 e. The lowest BCUT2D eigenvalue weighted by atomic mass is 10.2. The van der Waals surface area contributed by atoms with Crippen molar-refractivity contribution in [3.63, 3.8) is 0 Å². The first-order valence-corrected chi connectivity index (χ1v) is 7.37. The Balaban J connectivity index is 0. The molecule has 0 unspecified atom stereocenters. The molecule has 0 aromatic heterocycles. The molecule has 0 atom stereocenters. The zero-order chi connectivity index (χ0) is 16.1. The zero-order valence-corrected chi connectivity index (χ0v) is 14.4. The van der Waals surface area contributed by atoms with E-state index in [0.29, 0.717) is 5.69 Å². The van der Waals surface area contributed by atoms with E-state index in [9.17, 15) is 0 Å². The van der Waals surface area contributed by atoms with Gasteiger partial charge in [-0.1, -0.05) is 51.0 Å². The van der Waals surface area contributed by atoms with E-state index in [0.717, 1.165) is 21.7 Å². The maximum atomic E-state index is 5.59. The molecule has 3 heteroatoms. The standard InChI is InChI=1S/C7H10N2S.C6H10.C4H10/c1-4-2-6(9)7(10)3-5(4)8;1-4-5-6(2)3;1-3-4-2/h2-3,10H,8-9H2,1H3;4-5H,2H2,1,3H3;3-4H2,1-2H3/b;5-4+;. The van der Waals surface area contributed by atoms with Crippen LogP contribution in [0.4, 0.5) is 11.4 Å². The van der Waals surface area contributed by atoms with Crippen molar-refractivity contribution in [3.8, 4) is 0 Å². The van der Waals surface area contributed by atoms with Crippen molar-refractivity contribution in [1.82, 2.24) is 0 Å². The fraction of sp³-hybridized carbons (Fsp3) is 0.412. The number of nitrogen functional groups attached to an aromatic ring is 2. The Labute approximate surface area is 130 Å². The van der Waals surface area contributed by atoms with Crippen LogP contribution in [0.25, 0.3) is 0 Å². The van der Waals surface area contributed by atoms with E-state index < -0.39 is 0 Å². The number of thiol groups is 1. The van der Waals surface area contributed by atoms with Crippen LogP contribution in [0.1, 0.15) is 46.1 Å². The van der Waals surface area contributed by atoms with Crippen LogP contribution in [-0.2, 0) is 0 Å². The first-order chi connectivity index (χ1) is 9.29. The molecule has 114 valence electrons. The van der Waals surface area contributed by atoms with Crippen molar-refractivity contribution >= 4 is 24.0 Å². The number of unbranched alkanes of at least 4 members (excludes halogenated alkanes) is 1. The van der Waals surface area contributed by atoms with Gasteiger partial charge in [-0.25, -0.2) is 0 Å². The third kappa shape index (κ3) is 11.7. The summed E-state index contributed by atoms with van der Waals surface area (Å²) in [7, 11) is 0. The fourth-order valence-corrected chi connectivity index (χ4v) is 1.22. The minimum Gasteiger partial charge on any atom is -0.398 e. The lowest BCUT2D eigenvalue weighted by molar-refractivity contribution is 0.886. The molecule has 0 fully saturated rings. The molecular weight excluding hydrogens is 264 g/mol. The van der Waals surface area contributed by atoms with Crippen molar-refractivity contribution in [1.29, 1.82) is 0 Å². The SMILES string of the molecule is C=C(C)/C=C/C.CCCC.Cc1cc(N)c(S)cc1N. The van der Waals surface area contributed by atoms with Crippen molar-refractivity contribution in [2.24, 2.45) is 0 Å². The molecule has 1 aromatic rings. The maximum absolute atomic E-state index is 5.59. The molecule has 0 saturated carbocycles. The number of aryl methyl sites for hydroxylation is 1. The van der Waals surface area contributed by atoms with Gasteiger partial charge >= 0.3 is 0 Å². The first kappa shape index (κ1) is 21.0. The number of anilines is 2. The van der Waals surface area contributed by atoms with E-state index in [-0.39, 0.29) is 0 Å². The number of hydrogen-bond donors (Lipinski definition) is 3. The molecule has 0 saturated heterocycles. The molecule has 0 aliphatic carbocycles. The van der Waals surface area contributed by atoms with Gasteiger partial charge in [0.2, 0.25) is 0 Å². The van der Waals surface area contributed by atoms with Crippen LogP contribution in [-0.4, -0.2) is 0 Å². The van der Waals surface area contributed by atoms with Crippen LogP contribution < -0.4 is 11.5 Å². The number of allylic oxidation sites excluding steroid dienone is 3. The Morgan fingerprint density at radius 2 is 1.70 bits per heavy atom. The third-order valence-electron chi connectivity index (χ3n) is 2.37. The van der Waals surface area contributed by atoms with Crippen LogP contribution in [0, 0.1) is 6.92 Å². The predicted octanol–water partition coefficient (Wildman–Crippen LogP) is 5.39. The average molecular weight is 295 g/mol. The highest BCUT2D eigenvalue weighted by atomic mass is 32.1. The van der Waals surface area contributed by atoms with Gasteiger partial charge in [-0.15, -0.1) is 12.6 Å². The van der Waals surface area contributed by atoms with Crippen molar-refractivity contribution in [2.75, 3.05) is 11.5 Å². The second-order valence-corrected chi connectivity index (χ2v) is 5.10. The summed E-state index contributed by atoms with van der Waals surface area (Å²) in [6.07, 6.45) is 6.59. The van der Waals surface area contributed by atoms with Crippen molar-refractivity contribution in [2.45, 2.75) is 52.4 Å². The monoisotopic (exact) mass is 294 g/mol. The summed E-state index contributed by atoms with van der Waals surface area (Å²) in [5.74, 6) is 0. The Bertz CT molecular complexity index is 371. The normalized spacial score (nSPS) is 9.30. The van der Waals surface area contributed by atoms with Gasteiger partial charge in [0.25, 0.3) is 0 Å². The predicted molar refractivity (Wildman–Crippen MR) is 97.5 cm³/mol. The summed E-state index contributed by atoms with van der Waals surface area (Å²) in [6, 6.07) is 3.57. The number of rotatable bonds is 2. The van der Waals surface area contributed by atoms with Gasteiger partial charge in [0.1, 0.15) is 0 Å². The van der Waals surface area contributed by atoms with Gasteiger partial charge in [-0.3, -0.25) is 0 Å². The topological polar surface area (TPSA) is 52.0 Å². The maximum Gasteiger partial charge on any atom is 0.0453 e. The Kier molecular flexibility index (Phi) is 13.3. The number of nitrogens with two attached hydrogens (primary N) is 2. The Morgan fingerprint density at radius 3 is 1.95 bits per heavy atom.